The lowest BCUT2D eigenvalue weighted by Gasteiger charge is -2.02. The maximum Gasteiger partial charge on any atom is 0.115 e. The van der Waals surface area contributed by atoms with Gasteiger partial charge in [0.15, 0.2) is 0 Å². The van der Waals surface area contributed by atoms with Crippen molar-refractivity contribution < 1.29 is 4.74 Å². The lowest BCUT2D eigenvalue weighted by atomic mass is 10.4. The van der Waals surface area contributed by atoms with E-state index < -0.39 is 0 Å². The zero-order valence-corrected chi connectivity index (χ0v) is 7.14. The highest BCUT2D eigenvalue weighted by atomic mass is 16.5. The minimum Gasteiger partial charge on any atom is -0.369 e. The van der Waals surface area contributed by atoms with Gasteiger partial charge in [-0.15, -0.1) is 0 Å². The first-order chi connectivity index (χ1) is 4.66. The Morgan fingerprint density at radius 1 is 1.50 bits per heavy atom. The van der Waals surface area contributed by atoms with Crippen molar-refractivity contribution in [3.63, 3.8) is 0 Å². The van der Waals surface area contributed by atoms with E-state index in [1.807, 2.05) is 25.9 Å². The minimum atomic E-state index is 0.0555. The molecule has 0 saturated carbocycles. The number of nitrogens with zero attached hydrogens (tertiary/aromatic N) is 1. The maximum atomic E-state index is 4.94. The molecule has 10 heavy (non-hydrogen) atoms. The highest BCUT2D eigenvalue weighted by molar-refractivity contribution is 5.04. The Hall–Kier alpha value is -0.520. The van der Waals surface area contributed by atoms with Crippen molar-refractivity contribution >= 4 is 0 Å². The van der Waals surface area contributed by atoms with Crippen molar-refractivity contribution in [3.05, 3.63) is 0 Å². The molecule has 0 aliphatic heterocycles. The van der Waals surface area contributed by atoms with Gasteiger partial charge in [0.2, 0.25) is 0 Å². The van der Waals surface area contributed by atoms with Gasteiger partial charge in [-0.05, 0) is 21.0 Å². The van der Waals surface area contributed by atoms with Crippen LogP contribution < -0.4 is 0 Å². The van der Waals surface area contributed by atoms with E-state index in [-0.39, 0.29) is 6.10 Å². The number of rotatable bonds is 2. The Balaban J connectivity index is 3.48. The highest BCUT2D eigenvalue weighted by Gasteiger charge is 1.88. The molecule has 0 spiro atoms. The first kappa shape index (κ1) is 9.48. The molecule has 1 unspecified atom stereocenters. The van der Waals surface area contributed by atoms with E-state index in [9.17, 15) is 0 Å². The predicted octanol–water partition coefficient (Wildman–Crippen LogP) is 0.586. The Kier molecular flexibility index (Phi) is 5.00. The number of ether oxygens (including phenoxy) is 1. The largest absolute Gasteiger partial charge is 0.369 e. The SMILES string of the molecule is COC(C)C#CCN(C)C. The van der Waals surface area contributed by atoms with Crippen LogP contribution in [0.5, 0.6) is 0 Å². The van der Waals surface area contributed by atoms with Gasteiger partial charge in [-0.25, -0.2) is 0 Å². The van der Waals surface area contributed by atoms with Gasteiger partial charge in [0, 0.05) is 7.11 Å². The van der Waals surface area contributed by atoms with E-state index in [1.54, 1.807) is 7.11 Å². The van der Waals surface area contributed by atoms with Gasteiger partial charge in [-0.1, -0.05) is 11.8 Å². The van der Waals surface area contributed by atoms with Crippen LogP contribution >= 0.6 is 0 Å². The fourth-order valence-corrected chi connectivity index (χ4v) is 0.406. The van der Waals surface area contributed by atoms with Crippen molar-refractivity contribution in [3.8, 4) is 11.8 Å². The summed E-state index contributed by atoms with van der Waals surface area (Å²) in [5, 5.41) is 0. The zero-order chi connectivity index (χ0) is 7.98. The van der Waals surface area contributed by atoms with E-state index >= 15 is 0 Å². The van der Waals surface area contributed by atoms with Crippen molar-refractivity contribution in [1.82, 2.24) is 4.90 Å². The molecule has 0 bridgehead atoms. The molecule has 0 amide bonds. The van der Waals surface area contributed by atoms with Crippen LogP contribution in [0.3, 0.4) is 0 Å². The summed E-state index contributed by atoms with van der Waals surface area (Å²) in [5.41, 5.74) is 0. The average Bonchev–Trinajstić information content (AvgIpc) is 1.87. The fourth-order valence-electron chi connectivity index (χ4n) is 0.406. The van der Waals surface area contributed by atoms with Crippen LogP contribution in [-0.2, 0) is 4.74 Å². The van der Waals surface area contributed by atoms with E-state index in [4.69, 9.17) is 4.74 Å². The van der Waals surface area contributed by atoms with Crippen LogP contribution in [0.2, 0.25) is 0 Å². The molecule has 0 saturated heterocycles. The van der Waals surface area contributed by atoms with Crippen LogP contribution in [0.25, 0.3) is 0 Å². The molecule has 58 valence electrons. The lowest BCUT2D eigenvalue weighted by molar-refractivity contribution is 0.163. The molecule has 1 atom stereocenters. The standard InChI is InChI=1S/C8H15NO/c1-8(10-4)6-5-7-9(2)3/h8H,7H2,1-4H3. The Bertz CT molecular complexity index is 132. The average molecular weight is 141 g/mol. The third-order valence-electron chi connectivity index (χ3n) is 1.05. The molecule has 0 fully saturated rings. The summed E-state index contributed by atoms with van der Waals surface area (Å²) in [6, 6.07) is 0. The summed E-state index contributed by atoms with van der Waals surface area (Å²) in [4.78, 5) is 2.02. The maximum absolute atomic E-state index is 4.94. The fraction of sp³-hybridized carbons (Fsp3) is 0.750. The Morgan fingerprint density at radius 3 is 2.50 bits per heavy atom. The molecule has 0 aliphatic rings. The van der Waals surface area contributed by atoms with E-state index in [1.165, 1.54) is 0 Å². The molecule has 0 aromatic carbocycles. The number of hydrogen-bond donors (Lipinski definition) is 0. The van der Waals surface area contributed by atoms with E-state index in [0.717, 1.165) is 6.54 Å². The summed E-state index contributed by atoms with van der Waals surface area (Å²) in [6.45, 7) is 2.73. The van der Waals surface area contributed by atoms with Gasteiger partial charge in [-0.2, -0.15) is 0 Å². The molecule has 2 nitrogen and oxygen atoms in total. The second-order valence-corrected chi connectivity index (χ2v) is 2.44. The normalized spacial score (nSPS) is 12.5. The van der Waals surface area contributed by atoms with Crippen molar-refractivity contribution in [2.45, 2.75) is 13.0 Å². The molecule has 0 rings (SSSR count). The van der Waals surface area contributed by atoms with Crippen LogP contribution in [-0.4, -0.2) is 38.8 Å². The Labute approximate surface area is 63.2 Å². The molecule has 0 heterocycles. The van der Waals surface area contributed by atoms with Gasteiger partial charge in [0.1, 0.15) is 6.10 Å². The van der Waals surface area contributed by atoms with Crippen LogP contribution in [0, 0.1) is 11.8 Å². The van der Waals surface area contributed by atoms with Crippen molar-refractivity contribution in [2.75, 3.05) is 27.7 Å². The van der Waals surface area contributed by atoms with Gasteiger partial charge in [0.25, 0.3) is 0 Å². The monoisotopic (exact) mass is 141 g/mol. The van der Waals surface area contributed by atoms with Gasteiger partial charge < -0.3 is 4.74 Å². The summed E-state index contributed by atoms with van der Waals surface area (Å²) in [6.07, 6.45) is 0.0555. The first-order valence-electron chi connectivity index (χ1n) is 3.32. The second-order valence-electron chi connectivity index (χ2n) is 2.44. The molecule has 0 N–H and O–H groups in total. The topological polar surface area (TPSA) is 12.5 Å². The molecule has 0 radical (unpaired) electrons. The van der Waals surface area contributed by atoms with Crippen molar-refractivity contribution in [1.29, 1.82) is 0 Å². The summed E-state index contributed by atoms with van der Waals surface area (Å²) in [7, 11) is 5.65. The molecule has 0 aliphatic carbocycles. The van der Waals surface area contributed by atoms with E-state index in [0.29, 0.717) is 0 Å². The molecular formula is C8H15NO. The first-order valence-corrected chi connectivity index (χ1v) is 3.32. The summed E-state index contributed by atoms with van der Waals surface area (Å²) >= 11 is 0. The number of hydrogen-bond acceptors (Lipinski definition) is 2. The minimum absolute atomic E-state index is 0.0555. The number of methoxy groups -OCH3 is 1. The predicted molar refractivity (Wildman–Crippen MR) is 42.8 cm³/mol. The van der Waals surface area contributed by atoms with Gasteiger partial charge >= 0.3 is 0 Å². The third kappa shape index (κ3) is 5.61. The molecule has 2 heteroatoms. The van der Waals surface area contributed by atoms with Gasteiger partial charge in [-0.3, -0.25) is 4.90 Å². The van der Waals surface area contributed by atoms with E-state index in [2.05, 4.69) is 11.8 Å². The molecular weight excluding hydrogens is 126 g/mol. The smallest absolute Gasteiger partial charge is 0.115 e. The highest BCUT2D eigenvalue weighted by Crippen LogP contribution is 1.81. The van der Waals surface area contributed by atoms with Crippen LogP contribution in [0.4, 0.5) is 0 Å². The lowest BCUT2D eigenvalue weighted by Crippen LogP contribution is -2.11. The van der Waals surface area contributed by atoms with Crippen LogP contribution in [0.15, 0.2) is 0 Å². The Morgan fingerprint density at radius 2 is 2.10 bits per heavy atom. The third-order valence-corrected chi connectivity index (χ3v) is 1.05. The molecule has 0 aromatic rings. The quantitative estimate of drug-likeness (QED) is 0.522. The zero-order valence-electron chi connectivity index (χ0n) is 7.14. The van der Waals surface area contributed by atoms with Crippen LogP contribution in [0.1, 0.15) is 6.92 Å². The van der Waals surface area contributed by atoms with Gasteiger partial charge in [0.05, 0.1) is 6.54 Å². The summed E-state index contributed by atoms with van der Waals surface area (Å²) < 4.78 is 4.94. The second kappa shape index (κ2) is 5.28. The molecule has 0 aromatic heterocycles. The van der Waals surface area contributed by atoms with Crippen molar-refractivity contribution in [2.24, 2.45) is 0 Å². The summed E-state index contributed by atoms with van der Waals surface area (Å²) in [5.74, 6) is 5.94.